The summed E-state index contributed by atoms with van der Waals surface area (Å²) >= 11 is 0. The van der Waals surface area contributed by atoms with E-state index in [0.29, 0.717) is 24.3 Å². The summed E-state index contributed by atoms with van der Waals surface area (Å²) in [4.78, 5) is 16.0. The number of rotatable bonds is 7. The first kappa shape index (κ1) is 14.7. The fourth-order valence-electron chi connectivity index (χ4n) is 1.91. The number of ether oxygens (including phenoxy) is 1. The second kappa shape index (κ2) is 7.16. The summed E-state index contributed by atoms with van der Waals surface area (Å²) in [5.41, 5.74) is 0.615. The molecule has 0 amide bonds. The largest absolute Gasteiger partial charge is 0.468 e. The number of hydrogen-bond donors (Lipinski definition) is 1. The maximum Gasteiger partial charge on any atom is 0.299 e. The fourth-order valence-corrected chi connectivity index (χ4v) is 1.91. The molecule has 0 fully saturated rings. The average molecular weight is 253 g/mol. The molecule has 1 atom stereocenters. The third-order valence-electron chi connectivity index (χ3n) is 2.83. The van der Waals surface area contributed by atoms with E-state index < -0.39 is 0 Å². The molecular formula is C13H23N3O2. The lowest BCUT2D eigenvalue weighted by Gasteiger charge is -2.15. The smallest absolute Gasteiger partial charge is 0.299 e. The van der Waals surface area contributed by atoms with Gasteiger partial charge in [-0.25, -0.2) is 4.98 Å². The van der Waals surface area contributed by atoms with Crippen LogP contribution in [0.3, 0.4) is 0 Å². The van der Waals surface area contributed by atoms with Gasteiger partial charge < -0.3 is 10.1 Å². The van der Waals surface area contributed by atoms with Crippen LogP contribution in [-0.2, 0) is 6.54 Å². The normalized spacial score (nSPS) is 12.4. The molecule has 0 bridgehead atoms. The number of hydrogen-bond acceptors (Lipinski definition) is 4. The van der Waals surface area contributed by atoms with Crippen LogP contribution in [0, 0.1) is 6.92 Å². The summed E-state index contributed by atoms with van der Waals surface area (Å²) < 4.78 is 6.69. The second-order valence-electron chi connectivity index (χ2n) is 4.52. The quantitative estimate of drug-likeness (QED) is 0.796. The summed E-state index contributed by atoms with van der Waals surface area (Å²) in [5.74, 6) is 0. The van der Waals surface area contributed by atoms with Gasteiger partial charge in [-0.15, -0.1) is 0 Å². The molecule has 1 rings (SSSR count). The van der Waals surface area contributed by atoms with E-state index in [-0.39, 0.29) is 5.56 Å². The Hall–Kier alpha value is -1.36. The maximum atomic E-state index is 11.8. The van der Waals surface area contributed by atoms with E-state index in [2.05, 4.69) is 24.1 Å². The minimum Gasteiger partial charge on any atom is -0.468 e. The topological polar surface area (TPSA) is 56.1 Å². The molecule has 0 aromatic carbocycles. The Labute approximate surface area is 108 Å². The average Bonchev–Trinajstić information content (AvgIpc) is 2.31. The minimum atomic E-state index is -0.0655. The van der Waals surface area contributed by atoms with Crippen LogP contribution in [0.4, 0.5) is 0 Å². The molecule has 1 aromatic rings. The van der Waals surface area contributed by atoms with E-state index in [9.17, 15) is 4.79 Å². The van der Waals surface area contributed by atoms with Crippen molar-refractivity contribution in [1.82, 2.24) is 14.9 Å². The zero-order chi connectivity index (χ0) is 13.5. The molecule has 0 radical (unpaired) electrons. The van der Waals surface area contributed by atoms with Gasteiger partial charge in [-0.05, 0) is 20.3 Å². The van der Waals surface area contributed by atoms with Crippen molar-refractivity contribution in [3.05, 3.63) is 22.1 Å². The summed E-state index contributed by atoms with van der Waals surface area (Å²) in [5, 5.41) is 3.38. The molecule has 0 spiro atoms. The van der Waals surface area contributed by atoms with Crippen LogP contribution in [0.15, 0.2) is 10.9 Å². The predicted molar refractivity (Wildman–Crippen MR) is 72.2 cm³/mol. The van der Waals surface area contributed by atoms with Crippen molar-refractivity contribution in [2.24, 2.45) is 0 Å². The number of nitrogens with zero attached hydrogens (tertiary/aromatic N) is 2. The van der Waals surface area contributed by atoms with Gasteiger partial charge in [-0.1, -0.05) is 13.3 Å². The standard InChI is InChI=1S/C13H23N3O2/c1-5-6-10(2)14-7-8-16-12(17)9-11(3)15-13(16)18-4/h9-10,14H,5-8H2,1-4H3. The third kappa shape index (κ3) is 4.14. The molecule has 0 saturated carbocycles. The summed E-state index contributed by atoms with van der Waals surface area (Å²) in [7, 11) is 1.53. The highest BCUT2D eigenvalue weighted by molar-refractivity contribution is 5.06. The Morgan fingerprint density at radius 3 is 2.89 bits per heavy atom. The molecule has 1 aromatic heterocycles. The summed E-state index contributed by atoms with van der Waals surface area (Å²) in [6.07, 6.45) is 2.29. The molecule has 1 heterocycles. The van der Waals surface area contributed by atoms with Crippen molar-refractivity contribution in [3.8, 4) is 6.01 Å². The van der Waals surface area contributed by atoms with E-state index in [0.717, 1.165) is 19.4 Å². The van der Waals surface area contributed by atoms with E-state index in [1.54, 1.807) is 11.5 Å². The molecule has 0 aliphatic heterocycles. The van der Waals surface area contributed by atoms with Crippen LogP contribution in [-0.4, -0.2) is 29.2 Å². The highest BCUT2D eigenvalue weighted by Gasteiger charge is 2.07. The Balaban J connectivity index is 2.64. The van der Waals surface area contributed by atoms with E-state index >= 15 is 0 Å². The van der Waals surface area contributed by atoms with Gasteiger partial charge >= 0.3 is 0 Å². The first-order valence-electron chi connectivity index (χ1n) is 6.44. The van der Waals surface area contributed by atoms with Gasteiger partial charge in [0.2, 0.25) is 0 Å². The third-order valence-corrected chi connectivity index (χ3v) is 2.83. The van der Waals surface area contributed by atoms with Gasteiger partial charge in [0, 0.05) is 30.9 Å². The van der Waals surface area contributed by atoms with Gasteiger partial charge in [-0.2, -0.15) is 0 Å². The highest BCUT2D eigenvalue weighted by atomic mass is 16.5. The monoisotopic (exact) mass is 253 g/mol. The Bertz CT molecular complexity index is 429. The van der Waals surface area contributed by atoms with Crippen LogP contribution in [0.1, 0.15) is 32.4 Å². The number of aromatic nitrogens is 2. The van der Waals surface area contributed by atoms with Crippen molar-refractivity contribution >= 4 is 0 Å². The van der Waals surface area contributed by atoms with E-state index in [1.165, 1.54) is 13.2 Å². The maximum absolute atomic E-state index is 11.8. The van der Waals surface area contributed by atoms with E-state index in [4.69, 9.17) is 4.74 Å². The number of nitrogens with one attached hydrogen (secondary N) is 1. The molecule has 1 unspecified atom stereocenters. The summed E-state index contributed by atoms with van der Waals surface area (Å²) in [6.45, 7) is 7.41. The van der Waals surface area contributed by atoms with Crippen LogP contribution in [0.2, 0.25) is 0 Å². The predicted octanol–water partition coefficient (Wildman–Crippen LogP) is 1.34. The Morgan fingerprint density at radius 1 is 1.56 bits per heavy atom. The minimum absolute atomic E-state index is 0.0655. The van der Waals surface area contributed by atoms with Crippen LogP contribution < -0.4 is 15.6 Å². The zero-order valence-electron chi connectivity index (χ0n) is 11.7. The molecule has 1 N–H and O–H groups in total. The lowest BCUT2D eigenvalue weighted by atomic mass is 10.2. The molecule has 0 aliphatic carbocycles. The van der Waals surface area contributed by atoms with Crippen LogP contribution in [0.25, 0.3) is 0 Å². The van der Waals surface area contributed by atoms with Gasteiger partial charge in [0.15, 0.2) is 0 Å². The lowest BCUT2D eigenvalue weighted by molar-refractivity contribution is 0.340. The fraction of sp³-hybridized carbons (Fsp3) is 0.692. The Morgan fingerprint density at radius 2 is 2.28 bits per heavy atom. The molecule has 5 nitrogen and oxygen atoms in total. The van der Waals surface area contributed by atoms with Crippen LogP contribution in [0.5, 0.6) is 6.01 Å². The molecule has 18 heavy (non-hydrogen) atoms. The molecule has 102 valence electrons. The van der Waals surface area contributed by atoms with Gasteiger partial charge in [0.25, 0.3) is 11.6 Å². The van der Waals surface area contributed by atoms with Gasteiger partial charge in [0.1, 0.15) is 0 Å². The summed E-state index contributed by atoms with van der Waals surface area (Å²) in [6, 6.07) is 2.37. The van der Waals surface area contributed by atoms with Gasteiger partial charge in [-0.3, -0.25) is 9.36 Å². The SMILES string of the molecule is CCCC(C)NCCn1c(OC)nc(C)cc1=O. The Kier molecular flexibility index (Phi) is 5.85. The van der Waals surface area contributed by atoms with Crippen molar-refractivity contribution < 1.29 is 4.74 Å². The van der Waals surface area contributed by atoms with Gasteiger partial charge in [0.05, 0.1) is 7.11 Å². The number of methoxy groups -OCH3 is 1. The molecule has 0 aliphatic rings. The molecule has 0 saturated heterocycles. The lowest BCUT2D eigenvalue weighted by Crippen LogP contribution is -2.32. The first-order valence-corrected chi connectivity index (χ1v) is 6.44. The molecule has 5 heteroatoms. The van der Waals surface area contributed by atoms with Crippen molar-refractivity contribution in [2.75, 3.05) is 13.7 Å². The molecular weight excluding hydrogens is 230 g/mol. The van der Waals surface area contributed by atoms with Crippen molar-refractivity contribution in [1.29, 1.82) is 0 Å². The first-order chi connectivity index (χ1) is 8.58. The highest BCUT2D eigenvalue weighted by Crippen LogP contribution is 2.03. The van der Waals surface area contributed by atoms with E-state index in [1.807, 2.05) is 0 Å². The zero-order valence-corrected chi connectivity index (χ0v) is 11.7. The van der Waals surface area contributed by atoms with Crippen LogP contribution >= 0.6 is 0 Å². The van der Waals surface area contributed by atoms with Crippen molar-refractivity contribution in [2.45, 2.75) is 46.2 Å². The van der Waals surface area contributed by atoms with Crippen molar-refractivity contribution in [3.63, 3.8) is 0 Å². The number of aryl methyl sites for hydroxylation is 1. The second-order valence-corrected chi connectivity index (χ2v) is 4.52.